The fourth-order valence-corrected chi connectivity index (χ4v) is 3.75. The Bertz CT molecular complexity index is 828. The van der Waals surface area contributed by atoms with E-state index in [-0.39, 0.29) is 24.3 Å². The molecular weight excluding hydrogens is 469 g/mol. The first-order chi connectivity index (χ1) is 12.6. The molecule has 6 nitrogen and oxygen atoms in total. The van der Waals surface area contributed by atoms with Gasteiger partial charge in [-0.3, -0.25) is 4.79 Å². The van der Waals surface area contributed by atoms with Gasteiger partial charge in [0.2, 0.25) is 0 Å². The van der Waals surface area contributed by atoms with Gasteiger partial charge in [-0.2, -0.15) is 0 Å². The minimum absolute atomic E-state index is 0.122. The summed E-state index contributed by atoms with van der Waals surface area (Å²) in [5.74, 6) is 0. The van der Waals surface area contributed by atoms with Crippen LogP contribution in [0.5, 0.6) is 0 Å². The van der Waals surface area contributed by atoms with Crippen molar-refractivity contribution in [3.05, 3.63) is 63.3 Å². The number of hydrogen-bond donors (Lipinski definition) is 0. The number of benzene rings is 1. The molecule has 0 aliphatic carbocycles. The molecule has 1 aliphatic rings. The Morgan fingerprint density at radius 1 is 1.35 bits per heavy atom. The average Bonchev–Trinajstić information content (AvgIpc) is 2.68. The van der Waals surface area contributed by atoms with Gasteiger partial charge in [-0.15, -0.1) is 0 Å². The number of nitrogens with zero attached hydrogens (tertiary/aromatic N) is 3. The zero-order valence-corrected chi connectivity index (χ0v) is 17.0. The summed E-state index contributed by atoms with van der Waals surface area (Å²) in [7, 11) is 0. The maximum Gasteiger partial charge on any atom is 0.410 e. The molecule has 2 heterocycles. The molecule has 2 aromatic rings. The topological polar surface area (TPSA) is 64.4 Å². The molecule has 8 heteroatoms. The van der Waals surface area contributed by atoms with Crippen molar-refractivity contribution in [3.63, 3.8) is 0 Å². The second-order valence-corrected chi connectivity index (χ2v) is 7.29. The highest BCUT2D eigenvalue weighted by Crippen LogP contribution is 2.22. The number of halogens is 2. The lowest BCUT2D eigenvalue weighted by molar-refractivity contribution is 0.0798. The molecule has 1 aromatic carbocycles. The smallest absolute Gasteiger partial charge is 0.410 e. The van der Waals surface area contributed by atoms with E-state index < -0.39 is 0 Å². The third-order valence-electron chi connectivity index (χ3n) is 4.35. The van der Waals surface area contributed by atoms with Crippen LogP contribution in [0.15, 0.2) is 41.3 Å². The summed E-state index contributed by atoms with van der Waals surface area (Å²) in [5.41, 5.74) is 1.23. The highest BCUT2D eigenvalue weighted by molar-refractivity contribution is 14.1. The van der Waals surface area contributed by atoms with Crippen LogP contribution in [0, 0.1) is 0 Å². The molecule has 1 atom stereocenters. The predicted octanol–water partition coefficient (Wildman–Crippen LogP) is 3.81. The van der Waals surface area contributed by atoms with Crippen LogP contribution in [0.25, 0.3) is 0 Å². The first kappa shape index (κ1) is 19.2. The van der Waals surface area contributed by atoms with E-state index in [0.717, 1.165) is 18.4 Å². The number of hydrogen-bond acceptors (Lipinski definition) is 4. The van der Waals surface area contributed by atoms with Crippen molar-refractivity contribution in [2.24, 2.45) is 0 Å². The molecule has 1 aliphatic heterocycles. The van der Waals surface area contributed by atoms with Gasteiger partial charge in [0, 0.05) is 23.7 Å². The van der Waals surface area contributed by atoms with Gasteiger partial charge in [-0.25, -0.2) is 9.78 Å². The number of amides is 1. The van der Waals surface area contributed by atoms with Crippen molar-refractivity contribution in [2.75, 3.05) is 13.1 Å². The molecule has 26 heavy (non-hydrogen) atoms. The minimum atomic E-state index is -0.360. The molecule has 0 spiro atoms. The van der Waals surface area contributed by atoms with Crippen LogP contribution in [0.1, 0.15) is 30.1 Å². The van der Waals surface area contributed by atoms with Gasteiger partial charge >= 0.3 is 6.09 Å². The van der Waals surface area contributed by atoms with Gasteiger partial charge in [0.05, 0.1) is 6.04 Å². The second kappa shape index (κ2) is 8.85. The normalized spacial score (nSPS) is 17.2. The Hall–Kier alpha value is -1.61. The standard InChI is InChI=1S/C18H19ClIN3O3/c19-16-11-23(17(24)15(9-20)21-16)14-7-4-8-22(10-14)18(25)26-12-13-5-2-1-3-6-13/h1-3,5-6,11,14H,4,7-10,12H2. The minimum Gasteiger partial charge on any atom is -0.445 e. The fourth-order valence-electron chi connectivity index (χ4n) is 3.04. The van der Waals surface area contributed by atoms with E-state index in [0.29, 0.717) is 28.4 Å². The van der Waals surface area contributed by atoms with E-state index in [1.807, 2.05) is 30.3 Å². The number of piperidine rings is 1. The summed E-state index contributed by atoms with van der Waals surface area (Å²) < 4.78 is 7.51. The van der Waals surface area contributed by atoms with Gasteiger partial charge in [-0.1, -0.05) is 64.5 Å². The molecule has 0 radical (unpaired) electrons. The highest BCUT2D eigenvalue weighted by atomic mass is 127. The largest absolute Gasteiger partial charge is 0.445 e. The molecule has 1 aromatic heterocycles. The molecule has 1 unspecified atom stereocenters. The van der Waals surface area contributed by atoms with Crippen molar-refractivity contribution in [1.82, 2.24) is 14.5 Å². The van der Waals surface area contributed by atoms with Gasteiger partial charge in [0.1, 0.15) is 17.5 Å². The summed E-state index contributed by atoms with van der Waals surface area (Å²) in [4.78, 5) is 30.7. The molecule has 1 amide bonds. The van der Waals surface area contributed by atoms with Crippen LogP contribution in [0.2, 0.25) is 5.15 Å². The number of carbonyl (C=O) groups excluding carboxylic acids is 1. The Labute approximate surface area is 170 Å². The number of likely N-dealkylation sites (tertiary alicyclic amines) is 1. The van der Waals surface area contributed by atoms with Crippen molar-refractivity contribution in [3.8, 4) is 0 Å². The summed E-state index contributed by atoms with van der Waals surface area (Å²) in [6.07, 6.45) is 2.81. The van der Waals surface area contributed by atoms with E-state index in [1.54, 1.807) is 15.7 Å². The SMILES string of the molecule is O=C(OCc1ccccc1)N1CCCC(n2cc(Cl)nc(CI)c2=O)C1. The summed E-state index contributed by atoms with van der Waals surface area (Å²) >= 11 is 8.15. The summed E-state index contributed by atoms with van der Waals surface area (Å²) in [5, 5.41) is 0.292. The quantitative estimate of drug-likeness (QED) is 0.486. The number of aromatic nitrogens is 2. The van der Waals surface area contributed by atoms with Gasteiger partial charge in [0.15, 0.2) is 0 Å². The molecule has 138 valence electrons. The zero-order chi connectivity index (χ0) is 18.5. The monoisotopic (exact) mass is 487 g/mol. The van der Waals surface area contributed by atoms with Crippen LogP contribution in [-0.4, -0.2) is 33.6 Å². The van der Waals surface area contributed by atoms with Crippen molar-refractivity contribution >= 4 is 40.3 Å². The van der Waals surface area contributed by atoms with Crippen LogP contribution in [0.4, 0.5) is 4.79 Å². The lowest BCUT2D eigenvalue weighted by Gasteiger charge is -2.33. The van der Waals surface area contributed by atoms with Gasteiger partial charge in [0.25, 0.3) is 5.56 Å². The van der Waals surface area contributed by atoms with Crippen LogP contribution < -0.4 is 5.56 Å². The predicted molar refractivity (Wildman–Crippen MR) is 108 cm³/mol. The van der Waals surface area contributed by atoms with Crippen molar-refractivity contribution in [1.29, 1.82) is 0 Å². The van der Waals surface area contributed by atoms with Crippen LogP contribution in [-0.2, 0) is 15.8 Å². The first-order valence-electron chi connectivity index (χ1n) is 8.37. The molecule has 1 fully saturated rings. The maximum atomic E-state index is 12.5. The van der Waals surface area contributed by atoms with Crippen molar-refractivity contribution < 1.29 is 9.53 Å². The first-order valence-corrected chi connectivity index (χ1v) is 10.3. The molecule has 0 saturated carbocycles. The molecule has 3 rings (SSSR count). The lowest BCUT2D eigenvalue weighted by Crippen LogP contribution is -2.43. The molecule has 0 bridgehead atoms. The number of alkyl halides is 1. The molecule has 1 saturated heterocycles. The third-order valence-corrected chi connectivity index (χ3v) is 5.25. The van der Waals surface area contributed by atoms with E-state index in [1.165, 1.54) is 0 Å². The summed E-state index contributed by atoms with van der Waals surface area (Å²) in [6.45, 7) is 1.28. The third kappa shape index (κ3) is 4.56. The Morgan fingerprint density at radius 3 is 2.85 bits per heavy atom. The van der Waals surface area contributed by atoms with E-state index >= 15 is 0 Å². The van der Waals surface area contributed by atoms with Gasteiger partial charge < -0.3 is 14.2 Å². The Kier molecular flexibility index (Phi) is 6.53. The Balaban J connectivity index is 1.68. The van der Waals surface area contributed by atoms with Crippen molar-refractivity contribution in [2.45, 2.75) is 29.9 Å². The number of rotatable bonds is 4. The summed E-state index contributed by atoms with van der Waals surface area (Å²) in [6, 6.07) is 9.44. The van der Waals surface area contributed by atoms with E-state index in [2.05, 4.69) is 27.6 Å². The van der Waals surface area contributed by atoms with Gasteiger partial charge in [-0.05, 0) is 18.4 Å². The maximum absolute atomic E-state index is 12.5. The van der Waals surface area contributed by atoms with E-state index in [4.69, 9.17) is 16.3 Å². The van der Waals surface area contributed by atoms with Crippen LogP contribution >= 0.6 is 34.2 Å². The van der Waals surface area contributed by atoms with E-state index in [9.17, 15) is 9.59 Å². The lowest BCUT2D eigenvalue weighted by atomic mass is 10.1. The highest BCUT2D eigenvalue weighted by Gasteiger charge is 2.27. The number of ether oxygens (including phenoxy) is 1. The average molecular weight is 488 g/mol. The van der Waals surface area contributed by atoms with Crippen LogP contribution in [0.3, 0.4) is 0 Å². The zero-order valence-electron chi connectivity index (χ0n) is 14.1. The molecule has 0 N–H and O–H groups in total. The molecular formula is C18H19ClIN3O3. The second-order valence-electron chi connectivity index (χ2n) is 6.14. The Morgan fingerprint density at radius 2 is 2.12 bits per heavy atom. The number of carbonyl (C=O) groups is 1. The fraction of sp³-hybridized carbons (Fsp3) is 0.389.